The number of halogens is 1. The summed E-state index contributed by atoms with van der Waals surface area (Å²) in [6.07, 6.45) is 2.05. The Balaban J connectivity index is 2.23. The Morgan fingerprint density at radius 2 is 1.95 bits per heavy atom. The molecule has 2 rings (SSSR count). The fourth-order valence-corrected chi connectivity index (χ4v) is 2.97. The zero-order chi connectivity index (χ0) is 15.5. The Morgan fingerprint density at radius 3 is 2.52 bits per heavy atom. The molecule has 0 atom stereocenters. The molecule has 0 saturated heterocycles. The van der Waals surface area contributed by atoms with E-state index in [1.54, 1.807) is 24.4 Å². The normalized spacial score (nSPS) is 11.4. The van der Waals surface area contributed by atoms with E-state index in [-0.39, 0.29) is 17.3 Å². The van der Waals surface area contributed by atoms with Crippen LogP contribution >= 0.6 is 15.9 Å². The van der Waals surface area contributed by atoms with Crippen molar-refractivity contribution in [1.82, 2.24) is 4.98 Å². The van der Waals surface area contributed by atoms with Crippen LogP contribution in [-0.2, 0) is 16.4 Å². The van der Waals surface area contributed by atoms with Crippen LogP contribution in [0.15, 0.2) is 45.9 Å². The van der Waals surface area contributed by atoms with Gasteiger partial charge in [0.1, 0.15) is 5.82 Å². The largest absolute Gasteiger partial charge is 0.396 e. The van der Waals surface area contributed by atoms with Gasteiger partial charge in [-0.2, -0.15) is 0 Å². The number of nitrogens with one attached hydrogen (secondary N) is 1. The van der Waals surface area contributed by atoms with E-state index in [0.29, 0.717) is 6.42 Å². The number of anilines is 1. The van der Waals surface area contributed by atoms with Crippen molar-refractivity contribution >= 4 is 31.8 Å². The number of benzene rings is 1. The third-order valence-corrected chi connectivity index (χ3v) is 5.12. The first kappa shape index (κ1) is 15.9. The lowest BCUT2D eigenvalue weighted by atomic mass is 10.2. The summed E-state index contributed by atoms with van der Waals surface area (Å²) in [7, 11) is -3.66. The molecule has 0 bridgehead atoms. The van der Waals surface area contributed by atoms with Crippen molar-refractivity contribution in [2.45, 2.75) is 18.2 Å². The molecule has 21 heavy (non-hydrogen) atoms. The molecule has 0 fully saturated rings. The maximum Gasteiger partial charge on any atom is 0.263 e. The quantitative estimate of drug-likeness (QED) is 0.847. The van der Waals surface area contributed by atoms with Crippen LogP contribution in [0, 0.1) is 6.92 Å². The molecule has 0 aliphatic carbocycles. The van der Waals surface area contributed by atoms with Crippen LogP contribution in [0.25, 0.3) is 0 Å². The molecule has 1 aromatic heterocycles. The molecule has 0 saturated carbocycles. The Bertz CT molecular complexity index is 730. The monoisotopic (exact) mass is 370 g/mol. The topological polar surface area (TPSA) is 79.3 Å². The lowest BCUT2D eigenvalue weighted by molar-refractivity contribution is 0.299. The molecule has 2 N–H and O–H groups in total. The molecule has 0 amide bonds. The average Bonchev–Trinajstić information content (AvgIpc) is 2.44. The third-order valence-electron chi connectivity index (χ3n) is 2.92. The van der Waals surface area contributed by atoms with Crippen LogP contribution in [0.5, 0.6) is 0 Å². The van der Waals surface area contributed by atoms with E-state index >= 15 is 0 Å². The Morgan fingerprint density at radius 1 is 1.29 bits per heavy atom. The Hall–Kier alpha value is -1.44. The highest BCUT2D eigenvalue weighted by molar-refractivity contribution is 9.10. The zero-order valence-corrected chi connectivity index (χ0v) is 13.8. The summed E-state index contributed by atoms with van der Waals surface area (Å²) in [5, 5.41) is 8.85. The number of nitrogens with zero attached hydrogens (tertiary/aromatic N) is 1. The SMILES string of the molecule is Cc1cc(NS(=O)(=O)c2ccc(CCO)cc2)ncc1Br. The molecule has 1 aromatic carbocycles. The van der Waals surface area contributed by atoms with E-state index in [2.05, 4.69) is 25.6 Å². The van der Waals surface area contributed by atoms with Gasteiger partial charge in [0.2, 0.25) is 0 Å². The second-order valence-corrected chi connectivity index (χ2v) is 7.08. The minimum absolute atomic E-state index is 0.0342. The molecular weight excluding hydrogens is 356 g/mol. The molecule has 112 valence electrons. The van der Waals surface area contributed by atoms with Crippen molar-refractivity contribution in [2.75, 3.05) is 11.3 Å². The summed E-state index contributed by atoms with van der Waals surface area (Å²) in [4.78, 5) is 4.19. The first-order valence-corrected chi connectivity index (χ1v) is 8.55. The minimum Gasteiger partial charge on any atom is -0.396 e. The predicted octanol–water partition coefficient (Wildman–Crippen LogP) is 2.49. The van der Waals surface area contributed by atoms with E-state index < -0.39 is 10.0 Å². The summed E-state index contributed by atoms with van der Waals surface area (Å²) in [6, 6.07) is 8.05. The molecule has 7 heteroatoms. The number of aliphatic hydroxyl groups excluding tert-OH is 1. The Labute approximate surface area is 132 Å². The highest BCUT2D eigenvalue weighted by Gasteiger charge is 2.15. The highest BCUT2D eigenvalue weighted by atomic mass is 79.9. The van der Waals surface area contributed by atoms with Crippen molar-refractivity contribution in [3.05, 3.63) is 52.1 Å². The van der Waals surface area contributed by atoms with E-state index in [1.807, 2.05) is 6.92 Å². The number of aromatic nitrogens is 1. The Kier molecular flexibility index (Phi) is 4.97. The minimum atomic E-state index is -3.66. The van der Waals surface area contributed by atoms with E-state index in [0.717, 1.165) is 15.6 Å². The number of sulfonamides is 1. The predicted molar refractivity (Wildman–Crippen MR) is 84.7 cm³/mol. The maximum absolute atomic E-state index is 12.3. The lowest BCUT2D eigenvalue weighted by Crippen LogP contribution is -2.14. The first-order valence-electron chi connectivity index (χ1n) is 6.27. The summed E-state index contributed by atoms with van der Waals surface area (Å²) in [6.45, 7) is 1.89. The second-order valence-electron chi connectivity index (χ2n) is 4.54. The zero-order valence-electron chi connectivity index (χ0n) is 11.4. The van der Waals surface area contributed by atoms with Crippen LogP contribution < -0.4 is 4.72 Å². The number of pyridine rings is 1. The number of aliphatic hydroxyl groups is 1. The lowest BCUT2D eigenvalue weighted by Gasteiger charge is -2.09. The number of hydrogen-bond donors (Lipinski definition) is 2. The second kappa shape index (κ2) is 6.55. The molecule has 5 nitrogen and oxygen atoms in total. The van der Waals surface area contributed by atoms with Gasteiger partial charge < -0.3 is 5.11 Å². The third kappa shape index (κ3) is 4.03. The summed E-state index contributed by atoms with van der Waals surface area (Å²) >= 11 is 3.32. The molecule has 0 aliphatic heterocycles. The molecule has 0 radical (unpaired) electrons. The van der Waals surface area contributed by atoms with Gasteiger partial charge in [0.05, 0.1) is 4.90 Å². The fourth-order valence-electron chi connectivity index (χ4n) is 1.76. The summed E-state index contributed by atoms with van der Waals surface area (Å²) < 4.78 is 27.8. The van der Waals surface area contributed by atoms with Gasteiger partial charge in [0.15, 0.2) is 0 Å². The van der Waals surface area contributed by atoms with Gasteiger partial charge >= 0.3 is 0 Å². The van der Waals surface area contributed by atoms with Crippen molar-refractivity contribution in [2.24, 2.45) is 0 Å². The fraction of sp³-hybridized carbons (Fsp3) is 0.214. The smallest absolute Gasteiger partial charge is 0.263 e. The van der Waals surface area contributed by atoms with Crippen LogP contribution in [-0.4, -0.2) is 25.1 Å². The standard InChI is InChI=1S/C14H15BrN2O3S/c1-10-8-14(16-9-13(10)15)17-21(19,20)12-4-2-11(3-5-12)6-7-18/h2-5,8-9,18H,6-7H2,1H3,(H,16,17). The molecular formula is C14H15BrN2O3S. The van der Waals surface area contributed by atoms with Gasteiger partial charge in [0, 0.05) is 17.3 Å². The van der Waals surface area contributed by atoms with Crippen LogP contribution in [0.1, 0.15) is 11.1 Å². The van der Waals surface area contributed by atoms with Gasteiger partial charge in [-0.15, -0.1) is 0 Å². The first-order chi connectivity index (χ1) is 9.92. The van der Waals surface area contributed by atoms with Crippen molar-refractivity contribution in [3.63, 3.8) is 0 Å². The molecule has 0 aliphatic rings. The van der Waals surface area contributed by atoms with Crippen molar-refractivity contribution < 1.29 is 13.5 Å². The average molecular weight is 371 g/mol. The summed E-state index contributed by atoms with van der Waals surface area (Å²) in [5.74, 6) is 0.273. The molecule has 0 unspecified atom stereocenters. The number of aryl methyl sites for hydroxylation is 1. The van der Waals surface area contributed by atoms with Crippen molar-refractivity contribution in [1.29, 1.82) is 0 Å². The van der Waals surface area contributed by atoms with E-state index in [1.165, 1.54) is 12.1 Å². The van der Waals surface area contributed by atoms with Crippen molar-refractivity contribution in [3.8, 4) is 0 Å². The van der Waals surface area contributed by atoms with Crippen LogP contribution in [0.4, 0.5) is 5.82 Å². The van der Waals surface area contributed by atoms with Crippen LogP contribution in [0.2, 0.25) is 0 Å². The van der Waals surface area contributed by atoms with E-state index in [9.17, 15) is 8.42 Å². The van der Waals surface area contributed by atoms with Gasteiger partial charge in [-0.25, -0.2) is 13.4 Å². The maximum atomic E-state index is 12.3. The van der Waals surface area contributed by atoms with Gasteiger partial charge in [0.25, 0.3) is 10.0 Å². The molecule has 2 aromatic rings. The van der Waals surface area contributed by atoms with Crippen LogP contribution in [0.3, 0.4) is 0 Å². The number of hydrogen-bond acceptors (Lipinski definition) is 4. The highest BCUT2D eigenvalue weighted by Crippen LogP contribution is 2.20. The van der Waals surface area contributed by atoms with Gasteiger partial charge in [-0.05, 0) is 58.6 Å². The van der Waals surface area contributed by atoms with Gasteiger partial charge in [-0.1, -0.05) is 12.1 Å². The van der Waals surface area contributed by atoms with Gasteiger partial charge in [-0.3, -0.25) is 4.72 Å². The molecule has 0 spiro atoms. The summed E-state index contributed by atoms with van der Waals surface area (Å²) in [5.41, 5.74) is 1.77. The number of rotatable bonds is 5. The van der Waals surface area contributed by atoms with E-state index in [4.69, 9.17) is 5.11 Å². The molecule has 1 heterocycles.